The zero-order chi connectivity index (χ0) is 17.8. The summed E-state index contributed by atoms with van der Waals surface area (Å²) in [6.07, 6.45) is 4.74. The van der Waals surface area contributed by atoms with Gasteiger partial charge in [0.05, 0.1) is 5.69 Å². The van der Waals surface area contributed by atoms with Gasteiger partial charge in [-0.1, -0.05) is 38.0 Å². The van der Waals surface area contributed by atoms with E-state index in [-0.39, 0.29) is 0 Å². The first-order valence-electron chi connectivity index (χ1n) is 8.81. The summed E-state index contributed by atoms with van der Waals surface area (Å²) >= 11 is 0. The molecule has 0 saturated heterocycles. The van der Waals surface area contributed by atoms with Gasteiger partial charge >= 0.3 is 5.97 Å². The van der Waals surface area contributed by atoms with Crippen molar-refractivity contribution in [2.24, 2.45) is 0 Å². The molecule has 1 aromatic carbocycles. The zero-order valence-electron chi connectivity index (χ0n) is 14.4. The number of carbonyl (C=O) groups excluding carboxylic acids is 1. The lowest BCUT2D eigenvalue weighted by molar-refractivity contribution is -0.139. The molecule has 0 saturated carbocycles. The van der Waals surface area contributed by atoms with Gasteiger partial charge in [-0.25, -0.2) is 9.48 Å². The van der Waals surface area contributed by atoms with Gasteiger partial charge < -0.3 is 10.4 Å². The molecule has 2 aromatic rings. The summed E-state index contributed by atoms with van der Waals surface area (Å²) in [5, 5.41) is 16.5. The van der Waals surface area contributed by atoms with E-state index in [9.17, 15) is 14.7 Å². The van der Waals surface area contributed by atoms with Crippen LogP contribution >= 0.6 is 0 Å². The zero-order valence-corrected chi connectivity index (χ0v) is 14.4. The number of nitrogens with zero attached hydrogens (tertiary/aromatic N) is 2. The predicted molar refractivity (Wildman–Crippen MR) is 94.0 cm³/mol. The molecule has 25 heavy (non-hydrogen) atoms. The number of aromatic nitrogens is 2. The summed E-state index contributed by atoms with van der Waals surface area (Å²) in [6.45, 7) is 2.00. The average molecular weight is 341 g/mol. The van der Waals surface area contributed by atoms with E-state index in [1.54, 1.807) is 0 Å². The summed E-state index contributed by atoms with van der Waals surface area (Å²) in [7, 11) is 0. The molecule has 6 nitrogen and oxygen atoms in total. The lowest BCUT2D eigenvalue weighted by Crippen LogP contribution is -2.41. The molecule has 1 atom stereocenters. The van der Waals surface area contributed by atoms with Gasteiger partial charge in [0.25, 0.3) is 5.91 Å². The van der Waals surface area contributed by atoms with E-state index in [0.29, 0.717) is 12.1 Å². The van der Waals surface area contributed by atoms with E-state index in [4.69, 9.17) is 0 Å². The van der Waals surface area contributed by atoms with Crippen LogP contribution in [-0.4, -0.2) is 32.8 Å². The Hall–Kier alpha value is -2.63. The third kappa shape index (κ3) is 3.57. The summed E-state index contributed by atoms with van der Waals surface area (Å²) in [5.41, 5.74) is 3.28. The third-order valence-electron chi connectivity index (χ3n) is 4.60. The standard InChI is InChI=1S/C19H23N3O3/c1-2-3-11-15(19(24)25)20-18(23)17-14-10-7-12-16(14)22(21-17)13-8-5-4-6-9-13/h4-6,8-9,15H,2-3,7,10-12H2,1H3,(H,20,23)(H,24,25)/t15-/m0/s1. The average Bonchev–Trinajstić information content (AvgIpc) is 3.21. The van der Waals surface area contributed by atoms with Crippen molar-refractivity contribution in [1.29, 1.82) is 0 Å². The number of rotatable bonds is 7. The highest BCUT2D eigenvalue weighted by Crippen LogP contribution is 2.27. The molecule has 0 unspecified atom stereocenters. The lowest BCUT2D eigenvalue weighted by Gasteiger charge is -2.13. The van der Waals surface area contributed by atoms with Gasteiger partial charge in [0.15, 0.2) is 5.69 Å². The molecule has 1 aliphatic carbocycles. The highest BCUT2D eigenvalue weighted by molar-refractivity contribution is 5.96. The van der Waals surface area contributed by atoms with Crippen molar-refractivity contribution < 1.29 is 14.7 Å². The van der Waals surface area contributed by atoms with Crippen molar-refractivity contribution >= 4 is 11.9 Å². The maximum Gasteiger partial charge on any atom is 0.326 e. The molecule has 0 bridgehead atoms. The fourth-order valence-electron chi connectivity index (χ4n) is 3.29. The van der Waals surface area contributed by atoms with E-state index < -0.39 is 17.9 Å². The van der Waals surface area contributed by atoms with Gasteiger partial charge in [-0.2, -0.15) is 5.10 Å². The number of amides is 1. The molecule has 6 heteroatoms. The van der Waals surface area contributed by atoms with Crippen LogP contribution in [0.1, 0.15) is 54.4 Å². The molecule has 132 valence electrons. The predicted octanol–water partition coefficient (Wildman–Crippen LogP) is 2.73. The van der Waals surface area contributed by atoms with Gasteiger partial charge in [-0.3, -0.25) is 4.79 Å². The molecule has 2 N–H and O–H groups in total. The molecule has 3 rings (SSSR count). The Balaban J connectivity index is 1.87. The number of para-hydroxylation sites is 1. The Bertz CT molecular complexity index is 768. The van der Waals surface area contributed by atoms with Crippen LogP contribution in [0.25, 0.3) is 5.69 Å². The smallest absolute Gasteiger partial charge is 0.326 e. The van der Waals surface area contributed by atoms with E-state index in [2.05, 4.69) is 10.4 Å². The first-order valence-corrected chi connectivity index (χ1v) is 8.81. The van der Waals surface area contributed by atoms with Crippen molar-refractivity contribution in [2.75, 3.05) is 0 Å². The van der Waals surface area contributed by atoms with Gasteiger partial charge in [-0.05, 0) is 37.8 Å². The van der Waals surface area contributed by atoms with Crippen LogP contribution < -0.4 is 5.32 Å². The maximum absolute atomic E-state index is 12.7. The monoisotopic (exact) mass is 341 g/mol. The van der Waals surface area contributed by atoms with Gasteiger partial charge in [-0.15, -0.1) is 0 Å². The number of unbranched alkanes of at least 4 members (excludes halogenated alkanes) is 1. The fraction of sp³-hybridized carbons (Fsp3) is 0.421. The van der Waals surface area contributed by atoms with Crippen LogP contribution in [0.5, 0.6) is 0 Å². The van der Waals surface area contributed by atoms with Crippen molar-refractivity contribution in [3.63, 3.8) is 0 Å². The van der Waals surface area contributed by atoms with E-state index in [0.717, 1.165) is 49.0 Å². The highest BCUT2D eigenvalue weighted by Gasteiger charge is 2.29. The van der Waals surface area contributed by atoms with Crippen molar-refractivity contribution in [1.82, 2.24) is 15.1 Å². The van der Waals surface area contributed by atoms with Crippen LogP contribution in [0.3, 0.4) is 0 Å². The van der Waals surface area contributed by atoms with Crippen LogP contribution in [0.15, 0.2) is 30.3 Å². The number of fused-ring (bicyclic) bond motifs is 1. The van der Waals surface area contributed by atoms with E-state index in [1.165, 1.54) is 0 Å². The Morgan fingerprint density at radius 3 is 2.72 bits per heavy atom. The normalized spacial score (nSPS) is 14.1. The summed E-state index contributed by atoms with van der Waals surface area (Å²) < 4.78 is 1.82. The summed E-state index contributed by atoms with van der Waals surface area (Å²) in [4.78, 5) is 24.1. The van der Waals surface area contributed by atoms with Crippen LogP contribution in [0.2, 0.25) is 0 Å². The molecule has 1 aromatic heterocycles. The molecule has 1 amide bonds. The molecule has 1 aliphatic rings. The Kier molecular flexibility index (Phi) is 5.16. The lowest BCUT2D eigenvalue weighted by atomic mass is 10.1. The molecule has 0 aliphatic heterocycles. The van der Waals surface area contributed by atoms with E-state index >= 15 is 0 Å². The minimum atomic E-state index is -0.999. The number of nitrogens with one attached hydrogen (secondary N) is 1. The van der Waals surface area contributed by atoms with Crippen LogP contribution in [-0.2, 0) is 17.6 Å². The molecular formula is C19H23N3O3. The van der Waals surface area contributed by atoms with Crippen molar-refractivity contribution in [3.05, 3.63) is 47.3 Å². The summed E-state index contributed by atoms with van der Waals surface area (Å²) in [5.74, 6) is -1.39. The van der Waals surface area contributed by atoms with Crippen molar-refractivity contribution in [3.8, 4) is 5.69 Å². The minimum absolute atomic E-state index is 0.360. The SMILES string of the molecule is CCCC[C@H](NC(=O)c1nn(-c2ccccc2)c2c1CCC2)C(=O)O. The topological polar surface area (TPSA) is 84.2 Å². The maximum atomic E-state index is 12.7. The number of carbonyl (C=O) groups is 2. The largest absolute Gasteiger partial charge is 0.480 e. The number of aliphatic carboxylic acids is 1. The van der Waals surface area contributed by atoms with Gasteiger partial charge in [0.2, 0.25) is 0 Å². The quantitative estimate of drug-likeness (QED) is 0.811. The Morgan fingerprint density at radius 1 is 1.28 bits per heavy atom. The molecular weight excluding hydrogens is 318 g/mol. The molecule has 0 fully saturated rings. The number of carboxylic acid groups (broad SMARTS) is 1. The second-order valence-electron chi connectivity index (χ2n) is 6.38. The summed E-state index contributed by atoms with van der Waals surface area (Å²) in [6, 6.07) is 8.84. The molecule has 1 heterocycles. The first-order chi connectivity index (χ1) is 12.1. The van der Waals surface area contributed by atoms with Crippen LogP contribution in [0, 0.1) is 0 Å². The number of hydrogen-bond acceptors (Lipinski definition) is 3. The van der Waals surface area contributed by atoms with Gasteiger partial charge in [0.1, 0.15) is 6.04 Å². The molecule has 0 radical (unpaired) electrons. The number of carboxylic acids is 1. The number of benzene rings is 1. The third-order valence-corrected chi connectivity index (χ3v) is 4.60. The first kappa shape index (κ1) is 17.2. The second kappa shape index (κ2) is 7.51. The fourth-order valence-corrected chi connectivity index (χ4v) is 3.29. The van der Waals surface area contributed by atoms with Gasteiger partial charge in [0, 0.05) is 11.3 Å². The highest BCUT2D eigenvalue weighted by atomic mass is 16.4. The Morgan fingerprint density at radius 2 is 2.04 bits per heavy atom. The van der Waals surface area contributed by atoms with Crippen LogP contribution in [0.4, 0.5) is 0 Å². The van der Waals surface area contributed by atoms with E-state index in [1.807, 2.05) is 41.9 Å². The Labute approximate surface area is 146 Å². The second-order valence-corrected chi connectivity index (χ2v) is 6.38. The number of hydrogen-bond donors (Lipinski definition) is 2. The minimum Gasteiger partial charge on any atom is -0.480 e. The molecule has 0 spiro atoms. The van der Waals surface area contributed by atoms with Crippen molar-refractivity contribution in [2.45, 2.75) is 51.5 Å².